The van der Waals surface area contributed by atoms with Gasteiger partial charge in [-0.3, -0.25) is 9.20 Å². The molecule has 0 aliphatic heterocycles. The first-order chi connectivity index (χ1) is 13.6. The van der Waals surface area contributed by atoms with Crippen LogP contribution in [0.25, 0.3) is 5.65 Å². The summed E-state index contributed by atoms with van der Waals surface area (Å²) in [6.07, 6.45) is 2.42. The van der Waals surface area contributed by atoms with E-state index in [1.165, 1.54) is 17.3 Å². The Labute approximate surface area is 166 Å². The quantitative estimate of drug-likeness (QED) is 0.461. The van der Waals surface area contributed by atoms with Gasteiger partial charge >= 0.3 is 0 Å². The molecule has 1 aromatic carbocycles. The maximum absolute atomic E-state index is 12.3. The van der Waals surface area contributed by atoms with Gasteiger partial charge in [0.2, 0.25) is 5.89 Å². The Morgan fingerprint density at radius 3 is 2.79 bits per heavy atom. The molecular formula is C21H20N4O2S. The number of hydrogen-bond donors (Lipinski definition) is 0. The highest BCUT2D eigenvalue weighted by Crippen LogP contribution is 2.24. The van der Waals surface area contributed by atoms with Crippen LogP contribution in [0.5, 0.6) is 0 Å². The minimum Gasteiger partial charge on any atom is -0.416 e. The maximum Gasteiger partial charge on any atom is 0.276 e. The van der Waals surface area contributed by atoms with Crippen molar-refractivity contribution in [2.24, 2.45) is 0 Å². The second-order valence-corrected chi connectivity index (χ2v) is 7.66. The van der Waals surface area contributed by atoms with E-state index >= 15 is 0 Å². The number of hydrogen-bond acceptors (Lipinski definition) is 6. The molecule has 6 nitrogen and oxygen atoms in total. The van der Waals surface area contributed by atoms with Gasteiger partial charge in [-0.25, -0.2) is 4.98 Å². The number of nitrogens with zero attached hydrogens (tertiary/aromatic N) is 4. The van der Waals surface area contributed by atoms with E-state index in [4.69, 9.17) is 4.42 Å². The van der Waals surface area contributed by atoms with Crippen LogP contribution >= 0.6 is 11.8 Å². The fourth-order valence-electron chi connectivity index (χ4n) is 3.06. The van der Waals surface area contributed by atoms with E-state index < -0.39 is 0 Å². The van der Waals surface area contributed by atoms with E-state index in [2.05, 4.69) is 34.2 Å². The third kappa shape index (κ3) is 3.99. The average molecular weight is 392 g/mol. The number of pyridine rings is 1. The van der Waals surface area contributed by atoms with Crippen LogP contribution in [0.2, 0.25) is 0 Å². The first-order valence-electron chi connectivity index (χ1n) is 9.08. The Hall–Kier alpha value is -2.93. The van der Waals surface area contributed by atoms with Crippen molar-refractivity contribution in [2.45, 2.75) is 37.2 Å². The summed E-state index contributed by atoms with van der Waals surface area (Å²) in [5.41, 5.74) is 3.48. The van der Waals surface area contributed by atoms with Gasteiger partial charge in [0, 0.05) is 24.4 Å². The van der Waals surface area contributed by atoms with Gasteiger partial charge in [-0.2, -0.15) is 0 Å². The lowest BCUT2D eigenvalue weighted by Gasteiger charge is -2.08. The third-order valence-corrected chi connectivity index (χ3v) is 5.43. The Bertz CT molecular complexity index is 1150. The Kier molecular flexibility index (Phi) is 5.25. The summed E-state index contributed by atoms with van der Waals surface area (Å²) in [4.78, 5) is 16.9. The van der Waals surface area contributed by atoms with Crippen LogP contribution in [-0.2, 0) is 12.2 Å². The zero-order chi connectivity index (χ0) is 19.5. The lowest BCUT2D eigenvalue weighted by atomic mass is 9.98. The minimum absolute atomic E-state index is 0.0906. The SMILES string of the molecule is Cc1cccn2c(=O)cc(CSc3nnc(CC(C)c4ccccc4)o3)nc12. The molecule has 142 valence electrons. The largest absolute Gasteiger partial charge is 0.416 e. The highest BCUT2D eigenvalue weighted by Gasteiger charge is 2.13. The lowest BCUT2D eigenvalue weighted by molar-refractivity contribution is 0.404. The molecule has 0 amide bonds. The summed E-state index contributed by atoms with van der Waals surface area (Å²) >= 11 is 1.39. The van der Waals surface area contributed by atoms with Gasteiger partial charge in [-0.15, -0.1) is 10.2 Å². The minimum atomic E-state index is -0.0906. The summed E-state index contributed by atoms with van der Waals surface area (Å²) in [6.45, 7) is 4.08. The van der Waals surface area contributed by atoms with Gasteiger partial charge in [0.25, 0.3) is 10.8 Å². The van der Waals surface area contributed by atoms with Gasteiger partial charge < -0.3 is 4.42 Å². The molecule has 0 saturated heterocycles. The zero-order valence-electron chi connectivity index (χ0n) is 15.7. The summed E-state index contributed by atoms with van der Waals surface area (Å²) in [7, 11) is 0. The second kappa shape index (κ2) is 7.98. The van der Waals surface area contributed by atoms with Gasteiger partial charge in [0.1, 0.15) is 5.65 Å². The lowest BCUT2D eigenvalue weighted by Crippen LogP contribution is -2.15. The first kappa shape index (κ1) is 18.4. The highest BCUT2D eigenvalue weighted by atomic mass is 32.2. The second-order valence-electron chi connectivity index (χ2n) is 6.74. The molecule has 28 heavy (non-hydrogen) atoms. The standard InChI is InChI=1S/C21H20N4O2S/c1-14-7-6-10-25-19(26)12-17(22-20(14)25)13-28-21-24-23-18(27-21)11-15(2)16-8-4-3-5-9-16/h3-10,12,15H,11,13H2,1-2H3. The van der Waals surface area contributed by atoms with E-state index in [-0.39, 0.29) is 5.56 Å². The van der Waals surface area contributed by atoms with E-state index in [9.17, 15) is 4.79 Å². The van der Waals surface area contributed by atoms with Crippen LogP contribution in [0, 0.1) is 6.92 Å². The van der Waals surface area contributed by atoms with Gasteiger partial charge in [-0.1, -0.05) is 55.1 Å². The molecule has 1 atom stereocenters. The van der Waals surface area contributed by atoms with Crippen molar-refractivity contribution < 1.29 is 4.42 Å². The van der Waals surface area contributed by atoms with Crippen molar-refractivity contribution in [1.29, 1.82) is 0 Å². The van der Waals surface area contributed by atoms with Crippen molar-refractivity contribution >= 4 is 17.4 Å². The van der Waals surface area contributed by atoms with Gasteiger partial charge in [0.15, 0.2) is 0 Å². The van der Waals surface area contributed by atoms with Crippen LogP contribution in [0.4, 0.5) is 0 Å². The fourth-order valence-corrected chi connectivity index (χ4v) is 3.73. The van der Waals surface area contributed by atoms with Crippen molar-refractivity contribution in [2.75, 3.05) is 0 Å². The van der Waals surface area contributed by atoms with E-state index in [1.807, 2.05) is 37.3 Å². The normalized spacial score (nSPS) is 12.4. The van der Waals surface area contributed by atoms with E-state index in [0.717, 1.165) is 5.56 Å². The summed E-state index contributed by atoms with van der Waals surface area (Å²) < 4.78 is 7.32. The molecule has 4 rings (SSSR count). The molecule has 0 N–H and O–H groups in total. The Morgan fingerprint density at radius 2 is 1.96 bits per heavy atom. The predicted octanol–water partition coefficient (Wildman–Crippen LogP) is 4.02. The van der Waals surface area contributed by atoms with Crippen LogP contribution in [-0.4, -0.2) is 19.6 Å². The molecule has 0 saturated carbocycles. The van der Waals surface area contributed by atoms with E-state index in [1.54, 1.807) is 16.7 Å². The average Bonchev–Trinajstić information content (AvgIpc) is 3.15. The van der Waals surface area contributed by atoms with Crippen molar-refractivity contribution in [1.82, 2.24) is 19.6 Å². The number of aryl methyl sites for hydroxylation is 1. The topological polar surface area (TPSA) is 73.3 Å². The first-order valence-corrected chi connectivity index (χ1v) is 10.1. The number of thioether (sulfide) groups is 1. The van der Waals surface area contributed by atoms with Gasteiger partial charge in [0.05, 0.1) is 5.69 Å². The summed E-state index contributed by atoms with van der Waals surface area (Å²) in [5.74, 6) is 1.40. The molecule has 0 bridgehead atoms. The molecule has 0 aliphatic rings. The van der Waals surface area contributed by atoms with Crippen LogP contribution in [0.1, 0.15) is 35.6 Å². The predicted molar refractivity (Wildman–Crippen MR) is 109 cm³/mol. The zero-order valence-corrected chi connectivity index (χ0v) is 16.5. The molecular weight excluding hydrogens is 372 g/mol. The molecule has 0 fully saturated rings. The molecule has 0 spiro atoms. The molecule has 0 aliphatic carbocycles. The number of benzene rings is 1. The van der Waals surface area contributed by atoms with Crippen LogP contribution in [0.15, 0.2) is 69.2 Å². The van der Waals surface area contributed by atoms with Crippen LogP contribution < -0.4 is 5.56 Å². The summed E-state index contributed by atoms with van der Waals surface area (Å²) in [5, 5.41) is 8.76. The van der Waals surface area contributed by atoms with Crippen molar-refractivity contribution in [3.05, 3.63) is 87.8 Å². The van der Waals surface area contributed by atoms with Gasteiger partial charge in [-0.05, 0) is 30.0 Å². The number of rotatable bonds is 6. The number of aromatic nitrogens is 4. The molecule has 1 unspecified atom stereocenters. The molecule has 3 aromatic heterocycles. The highest BCUT2D eigenvalue weighted by molar-refractivity contribution is 7.98. The number of fused-ring (bicyclic) bond motifs is 1. The summed E-state index contributed by atoms with van der Waals surface area (Å²) in [6, 6.07) is 15.6. The van der Waals surface area contributed by atoms with Crippen molar-refractivity contribution in [3.8, 4) is 0 Å². The molecule has 7 heteroatoms. The molecule has 0 radical (unpaired) electrons. The maximum atomic E-state index is 12.3. The van der Waals surface area contributed by atoms with Crippen molar-refractivity contribution in [3.63, 3.8) is 0 Å². The fraction of sp³-hybridized carbons (Fsp3) is 0.238. The third-order valence-electron chi connectivity index (χ3n) is 4.58. The van der Waals surface area contributed by atoms with Crippen LogP contribution in [0.3, 0.4) is 0 Å². The van der Waals surface area contributed by atoms with E-state index in [0.29, 0.717) is 40.5 Å². The Balaban J connectivity index is 1.44. The Morgan fingerprint density at radius 1 is 1.14 bits per heavy atom. The molecule has 3 heterocycles. The molecule has 4 aromatic rings. The monoisotopic (exact) mass is 392 g/mol. The smallest absolute Gasteiger partial charge is 0.276 e.